The first-order valence-corrected chi connectivity index (χ1v) is 10.9. The Kier molecular flexibility index (Phi) is 15.5. The number of carbonyl (C=O) groups excluding carboxylic acids is 1. The zero-order valence-electron chi connectivity index (χ0n) is 16.4. The normalized spacial score (nSPS) is 21.7. The van der Waals surface area contributed by atoms with Gasteiger partial charge in [0, 0.05) is 12.8 Å². The maximum Gasteiger partial charge on any atom is 0.132 e. The number of Topliss-reactive ketones (excluding diaryl/α,β-unsaturated/α-hetero) is 1. The van der Waals surface area contributed by atoms with Gasteiger partial charge in [-0.05, 0) is 51.4 Å². The van der Waals surface area contributed by atoms with Crippen molar-refractivity contribution in [2.45, 2.75) is 109 Å². The SMILES string of the molecule is C1=CCCC=CCCC=CCC1.O=C1CCCCCCCCCCC1. The van der Waals surface area contributed by atoms with Crippen LogP contribution >= 0.6 is 0 Å². The Balaban J connectivity index is 0.000000251. The van der Waals surface area contributed by atoms with Gasteiger partial charge >= 0.3 is 0 Å². The van der Waals surface area contributed by atoms with Crippen molar-refractivity contribution in [3.8, 4) is 0 Å². The molecule has 0 atom stereocenters. The van der Waals surface area contributed by atoms with Crippen molar-refractivity contribution in [3.63, 3.8) is 0 Å². The number of hydrogen-bond donors (Lipinski definition) is 0. The summed E-state index contributed by atoms with van der Waals surface area (Å²) in [5.41, 5.74) is 0. The summed E-state index contributed by atoms with van der Waals surface area (Å²) >= 11 is 0. The highest BCUT2D eigenvalue weighted by molar-refractivity contribution is 5.78. The van der Waals surface area contributed by atoms with E-state index in [4.69, 9.17) is 0 Å². The first-order valence-electron chi connectivity index (χ1n) is 10.9. The van der Waals surface area contributed by atoms with Crippen LogP contribution in [0, 0.1) is 0 Å². The van der Waals surface area contributed by atoms with E-state index in [2.05, 4.69) is 36.5 Å². The largest absolute Gasteiger partial charge is 0.300 e. The molecular weight excluding hydrogens is 304 g/mol. The summed E-state index contributed by atoms with van der Waals surface area (Å²) in [4.78, 5) is 11.3. The van der Waals surface area contributed by atoms with Gasteiger partial charge in [-0.2, -0.15) is 0 Å². The molecule has 1 saturated carbocycles. The van der Waals surface area contributed by atoms with Gasteiger partial charge in [0.2, 0.25) is 0 Å². The van der Waals surface area contributed by atoms with Crippen LogP contribution in [0.4, 0.5) is 0 Å². The maximum absolute atomic E-state index is 11.3. The average Bonchev–Trinajstić information content (AvgIpc) is 2.59. The molecular formula is C24H40O. The lowest BCUT2D eigenvalue weighted by atomic mass is 10.0. The molecule has 0 radical (unpaired) electrons. The molecule has 1 fully saturated rings. The zero-order chi connectivity index (χ0) is 17.8. The molecule has 2 aliphatic carbocycles. The fraction of sp³-hybridized carbons (Fsp3) is 0.708. The van der Waals surface area contributed by atoms with E-state index < -0.39 is 0 Å². The van der Waals surface area contributed by atoms with E-state index in [-0.39, 0.29) is 0 Å². The summed E-state index contributed by atoms with van der Waals surface area (Å²) in [5, 5.41) is 0. The van der Waals surface area contributed by atoms with Crippen LogP contribution in [-0.4, -0.2) is 5.78 Å². The third-order valence-corrected chi connectivity index (χ3v) is 4.91. The van der Waals surface area contributed by atoms with Gasteiger partial charge in [0.15, 0.2) is 0 Å². The molecule has 0 amide bonds. The topological polar surface area (TPSA) is 17.1 Å². The van der Waals surface area contributed by atoms with E-state index in [1.165, 1.54) is 83.5 Å². The molecule has 1 nitrogen and oxygen atoms in total. The predicted octanol–water partition coefficient (Wildman–Crippen LogP) is 7.87. The van der Waals surface area contributed by atoms with Crippen LogP contribution in [0.3, 0.4) is 0 Å². The molecule has 142 valence electrons. The summed E-state index contributed by atoms with van der Waals surface area (Å²) in [6, 6.07) is 0. The highest BCUT2D eigenvalue weighted by Gasteiger charge is 2.03. The lowest BCUT2D eigenvalue weighted by Crippen LogP contribution is -1.98. The average molecular weight is 345 g/mol. The minimum absolute atomic E-state index is 0.501. The summed E-state index contributed by atoms with van der Waals surface area (Å²) in [6.07, 6.45) is 34.4. The lowest BCUT2D eigenvalue weighted by molar-refractivity contribution is -0.119. The number of ketones is 1. The second-order valence-electron chi connectivity index (χ2n) is 7.37. The first-order chi connectivity index (χ1) is 12.4. The van der Waals surface area contributed by atoms with E-state index in [1.807, 2.05) is 0 Å². The van der Waals surface area contributed by atoms with Crippen LogP contribution in [0.25, 0.3) is 0 Å². The number of hydrogen-bond acceptors (Lipinski definition) is 1. The molecule has 0 aromatic heterocycles. The third-order valence-electron chi connectivity index (χ3n) is 4.91. The molecule has 25 heavy (non-hydrogen) atoms. The van der Waals surface area contributed by atoms with Crippen molar-refractivity contribution >= 4 is 5.78 Å². The van der Waals surface area contributed by atoms with Crippen LogP contribution in [0.2, 0.25) is 0 Å². The standard InChI is InChI=1S/C12H22O.C12H18/c13-12-10-8-6-4-2-1-3-5-7-9-11-12;1-2-4-6-8-10-12-11-9-7-5-3-1/h1-11H2;1-2,7-10H,3-6,11-12H2. The van der Waals surface area contributed by atoms with Crippen LogP contribution in [-0.2, 0) is 4.79 Å². The van der Waals surface area contributed by atoms with Gasteiger partial charge in [0.25, 0.3) is 0 Å². The Bertz CT molecular complexity index is 324. The van der Waals surface area contributed by atoms with Gasteiger partial charge in [0.05, 0.1) is 0 Å². The van der Waals surface area contributed by atoms with Crippen molar-refractivity contribution in [2.75, 3.05) is 0 Å². The molecule has 0 spiro atoms. The van der Waals surface area contributed by atoms with Crippen LogP contribution in [0.15, 0.2) is 36.5 Å². The smallest absolute Gasteiger partial charge is 0.132 e. The van der Waals surface area contributed by atoms with E-state index in [1.54, 1.807) is 0 Å². The van der Waals surface area contributed by atoms with Crippen molar-refractivity contribution in [2.24, 2.45) is 0 Å². The van der Waals surface area contributed by atoms with E-state index in [0.29, 0.717) is 5.78 Å². The van der Waals surface area contributed by atoms with Crippen molar-refractivity contribution < 1.29 is 4.79 Å². The van der Waals surface area contributed by atoms with Crippen molar-refractivity contribution in [1.29, 1.82) is 0 Å². The van der Waals surface area contributed by atoms with Gasteiger partial charge in [-0.25, -0.2) is 0 Å². The summed E-state index contributed by atoms with van der Waals surface area (Å²) < 4.78 is 0. The Morgan fingerprint density at radius 3 is 0.920 bits per heavy atom. The molecule has 2 rings (SSSR count). The molecule has 0 N–H and O–H groups in total. The first kappa shape index (κ1) is 21.9. The second kappa shape index (κ2) is 17.7. The van der Waals surface area contributed by atoms with Crippen molar-refractivity contribution in [3.05, 3.63) is 36.5 Å². The fourth-order valence-corrected chi connectivity index (χ4v) is 3.29. The Morgan fingerprint density at radius 1 is 0.400 bits per heavy atom. The number of allylic oxidation sites excluding steroid dienone is 6. The fourth-order valence-electron chi connectivity index (χ4n) is 3.29. The third kappa shape index (κ3) is 16.1. The quantitative estimate of drug-likeness (QED) is 0.408. The monoisotopic (exact) mass is 344 g/mol. The van der Waals surface area contributed by atoms with E-state index >= 15 is 0 Å². The second-order valence-corrected chi connectivity index (χ2v) is 7.37. The molecule has 0 aromatic carbocycles. The van der Waals surface area contributed by atoms with Gasteiger partial charge in [-0.15, -0.1) is 0 Å². The maximum atomic E-state index is 11.3. The molecule has 0 aromatic rings. The summed E-state index contributed by atoms with van der Waals surface area (Å²) in [7, 11) is 0. The highest BCUT2D eigenvalue weighted by Crippen LogP contribution is 2.14. The predicted molar refractivity (Wildman–Crippen MR) is 111 cm³/mol. The zero-order valence-corrected chi connectivity index (χ0v) is 16.4. The lowest BCUT2D eigenvalue weighted by Gasteiger charge is -2.05. The van der Waals surface area contributed by atoms with Crippen LogP contribution < -0.4 is 0 Å². The van der Waals surface area contributed by atoms with Gasteiger partial charge in [0.1, 0.15) is 5.78 Å². The van der Waals surface area contributed by atoms with Gasteiger partial charge < -0.3 is 0 Å². The molecule has 0 saturated heterocycles. The molecule has 0 aliphatic heterocycles. The van der Waals surface area contributed by atoms with Gasteiger partial charge in [-0.1, -0.05) is 81.4 Å². The van der Waals surface area contributed by atoms with E-state index in [9.17, 15) is 4.79 Å². The van der Waals surface area contributed by atoms with Crippen LogP contribution in [0.1, 0.15) is 109 Å². The van der Waals surface area contributed by atoms with E-state index in [0.717, 1.165) is 25.7 Å². The van der Waals surface area contributed by atoms with Gasteiger partial charge in [-0.3, -0.25) is 4.79 Å². The molecule has 2 aliphatic rings. The Labute approximate surface area is 156 Å². The summed E-state index contributed by atoms with van der Waals surface area (Å²) in [5.74, 6) is 0.501. The Hall–Kier alpha value is -1.11. The van der Waals surface area contributed by atoms with Crippen LogP contribution in [0.5, 0.6) is 0 Å². The molecule has 1 heteroatoms. The number of carbonyl (C=O) groups is 1. The molecule has 0 heterocycles. The highest BCUT2D eigenvalue weighted by atomic mass is 16.1. The minimum atomic E-state index is 0.501. The Morgan fingerprint density at radius 2 is 0.640 bits per heavy atom. The molecule has 0 bridgehead atoms. The van der Waals surface area contributed by atoms with Crippen molar-refractivity contribution in [1.82, 2.24) is 0 Å². The summed E-state index contributed by atoms with van der Waals surface area (Å²) in [6.45, 7) is 0. The molecule has 0 unspecified atom stereocenters. The minimum Gasteiger partial charge on any atom is -0.300 e. The number of rotatable bonds is 0.